The lowest BCUT2D eigenvalue weighted by atomic mass is 10.1. The maximum atomic E-state index is 10.9. The first-order valence-corrected chi connectivity index (χ1v) is 5.29. The number of hydrogen-bond acceptors (Lipinski definition) is 3. The third-order valence-electron chi connectivity index (χ3n) is 1.64. The monoisotopic (exact) mass is 196 g/mol. The molecule has 0 aromatic heterocycles. The molecule has 2 unspecified atom stereocenters. The number of aliphatic hydroxyl groups excluding tert-OH is 1. The highest BCUT2D eigenvalue weighted by atomic mass is 35.5. The van der Waals surface area contributed by atoms with Crippen molar-refractivity contribution in [1.29, 1.82) is 0 Å². The van der Waals surface area contributed by atoms with Crippen molar-refractivity contribution in [3.05, 3.63) is 10.4 Å². The van der Waals surface area contributed by atoms with E-state index in [2.05, 4.69) is 0 Å². The van der Waals surface area contributed by atoms with E-state index in [1.165, 1.54) is 6.92 Å². The normalized spacial score (nSPS) is 31.5. The van der Waals surface area contributed by atoms with Crippen LogP contribution in [0.5, 0.6) is 0 Å². The highest BCUT2D eigenvalue weighted by Gasteiger charge is 2.31. The van der Waals surface area contributed by atoms with Crippen LogP contribution in [0.3, 0.4) is 0 Å². The summed E-state index contributed by atoms with van der Waals surface area (Å²) in [5.41, 5.74) is 0. The van der Waals surface area contributed by atoms with E-state index >= 15 is 0 Å². The summed E-state index contributed by atoms with van der Waals surface area (Å²) >= 11 is 5.58. The molecule has 1 aliphatic heterocycles. The molecule has 2 atom stereocenters. The largest absolute Gasteiger partial charge is 0.393 e. The van der Waals surface area contributed by atoms with Crippen LogP contribution in [-0.2, 0) is 9.84 Å². The van der Waals surface area contributed by atoms with Gasteiger partial charge in [0.2, 0.25) is 0 Å². The Balaban J connectivity index is 2.90. The van der Waals surface area contributed by atoms with Gasteiger partial charge in [0, 0.05) is 16.4 Å². The molecule has 0 spiro atoms. The van der Waals surface area contributed by atoms with Gasteiger partial charge in [-0.15, -0.1) is 0 Å². The number of rotatable bonds is 1. The van der Waals surface area contributed by atoms with Gasteiger partial charge in [-0.05, 0) is 6.92 Å². The van der Waals surface area contributed by atoms with Gasteiger partial charge in [-0.25, -0.2) is 8.42 Å². The van der Waals surface area contributed by atoms with E-state index in [0.29, 0.717) is 0 Å². The second-order valence-electron chi connectivity index (χ2n) is 2.68. The molecule has 64 valence electrons. The Morgan fingerprint density at radius 2 is 2.36 bits per heavy atom. The van der Waals surface area contributed by atoms with Crippen LogP contribution in [0, 0.1) is 5.92 Å². The topological polar surface area (TPSA) is 54.4 Å². The standard InChI is InChI=1S/C6H9ClO3S/c1-4(8)5-2-11(9,10)3-6(5)7/h3-5,8H,2H2,1H3. The summed E-state index contributed by atoms with van der Waals surface area (Å²) in [6.45, 7) is 1.53. The third-order valence-corrected chi connectivity index (χ3v) is 3.60. The van der Waals surface area contributed by atoms with Crippen molar-refractivity contribution < 1.29 is 13.5 Å². The molecule has 1 heterocycles. The molecular formula is C6H9ClO3S. The second kappa shape index (κ2) is 2.77. The van der Waals surface area contributed by atoms with Gasteiger partial charge >= 0.3 is 0 Å². The molecule has 1 N–H and O–H groups in total. The predicted molar refractivity (Wildman–Crippen MR) is 42.9 cm³/mol. The second-order valence-corrected chi connectivity index (χ2v) is 5.01. The van der Waals surface area contributed by atoms with Crippen molar-refractivity contribution >= 4 is 21.4 Å². The first kappa shape index (κ1) is 9.03. The molecule has 0 bridgehead atoms. The molecule has 0 fully saturated rings. The zero-order chi connectivity index (χ0) is 8.65. The molecule has 0 saturated carbocycles. The molecular weight excluding hydrogens is 188 g/mol. The summed E-state index contributed by atoms with van der Waals surface area (Å²) in [5.74, 6) is -0.495. The molecule has 0 aliphatic carbocycles. The van der Waals surface area contributed by atoms with Crippen molar-refractivity contribution in [1.82, 2.24) is 0 Å². The maximum Gasteiger partial charge on any atom is 0.173 e. The van der Waals surface area contributed by atoms with Gasteiger partial charge in [0.25, 0.3) is 0 Å². The lowest BCUT2D eigenvalue weighted by Gasteiger charge is -2.11. The van der Waals surface area contributed by atoms with E-state index in [1.807, 2.05) is 0 Å². The Morgan fingerprint density at radius 3 is 2.55 bits per heavy atom. The van der Waals surface area contributed by atoms with Crippen LogP contribution in [0.2, 0.25) is 0 Å². The minimum Gasteiger partial charge on any atom is -0.393 e. The number of halogens is 1. The molecule has 5 heteroatoms. The quantitative estimate of drug-likeness (QED) is 0.664. The SMILES string of the molecule is CC(O)C1CS(=O)(=O)C=C1Cl. The fraction of sp³-hybridized carbons (Fsp3) is 0.667. The fourth-order valence-electron chi connectivity index (χ4n) is 1.01. The number of sulfone groups is 1. The highest BCUT2D eigenvalue weighted by Crippen LogP contribution is 2.29. The first-order valence-electron chi connectivity index (χ1n) is 3.20. The van der Waals surface area contributed by atoms with E-state index in [-0.39, 0.29) is 10.8 Å². The minimum absolute atomic E-state index is 0.0660. The highest BCUT2D eigenvalue weighted by molar-refractivity contribution is 7.94. The molecule has 0 radical (unpaired) electrons. The van der Waals surface area contributed by atoms with Crippen molar-refractivity contribution in [2.24, 2.45) is 5.92 Å². The fourth-order valence-corrected chi connectivity index (χ4v) is 3.34. The number of hydrogen-bond donors (Lipinski definition) is 1. The van der Waals surface area contributed by atoms with Gasteiger partial charge in [0.1, 0.15) is 0 Å². The van der Waals surface area contributed by atoms with Crippen LogP contribution in [0.15, 0.2) is 10.4 Å². The molecule has 0 amide bonds. The van der Waals surface area contributed by atoms with Crippen LogP contribution < -0.4 is 0 Å². The average molecular weight is 197 g/mol. The van der Waals surface area contributed by atoms with E-state index < -0.39 is 21.9 Å². The first-order chi connectivity index (χ1) is 4.92. The van der Waals surface area contributed by atoms with E-state index in [0.717, 1.165) is 5.41 Å². The summed E-state index contributed by atoms with van der Waals surface area (Å²) in [6, 6.07) is 0. The van der Waals surface area contributed by atoms with E-state index in [1.54, 1.807) is 0 Å². The lowest BCUT2D eigenvalue weighted by Crippen LogP contribution is -2.19. The Kier molecular flexibility index (Phi) is 2.27. The smallest absolute Gasteiger partial charge is 0.173 e. The molecule has 1 aliphatic rings. The van der Waals surface area contributed by atoms with Gasteiger partial charge in [-0.2, -0.15) is 0 Å². The van der Waals surface area contributed by atoms with Crippen LogP contribution in [0.4, 0.5) is 0 Å². The summed E-state index contributed by atoms with van der Waals surface area (Å²) in [7, 11) is -3.14. The molecule has 11 heavy (non-hydrogen) atoms. The van der Waals surface area contributed by atoms with Gasteiger partial charge in [0.05, 0.1) is 11.9 Å². The van der Waals surface area contributed by atoms with Gasteiger partial charge in [-0.3, -0.25) is 0 Å². The Bertz CT molecular complexity index is 278. The van der Waals surface area contributed by atoms with Crippen molar-refractivity contribution in [3.63, 3.8) is 0 Å². The Morgan fingerprint density at radius 1 is 1.82 bits per heavy atom. The van der Waals surface area contributed by atoms with Crippen LogP contribution >= 0.6 is 11.6 Å². The summed E-state index contributed by atoms with van der Waals surface area (Å²) in [5, 5.41) is 10.3. The zero-order valence-electron chi connectivity index (χ0n) is 5.99. The predicted octanol–water partition coefficient (Wildman–Crippen LogP) is 0.492. The molecule has 0 saturated heterocycles. The minimum atomic E-state index is -3.14. The van der Waals surface area contributed by atoms with Crippen LogP contribution in [-0.4, -0.2) is 25.4 Å². The third kappa shape index (κ3) is 1.95. The lowest BCUT2D eigenvalue weighted by molar-refractivity contribution is 0.158. The number of aliphatic hydroxyl groups is 1. The van der Waals surface area contributed by atoms with Gasteiger partial charge in [0.15, 0.2) is 9.84 Å². The summed E-state index contributed by atoms with van der Waals surface area (Å²) < 4.78 is 21.8. The maximum absolute atomic E-state index is 10.9. The van der Waals surface area contributed by atoms with E-state index in [4.69, 9.17) is 16.7 Å². The average Bonchev–Trinajstić information content (AvgIpc) is 2.05. The van der Waals surface area contributed by atoms with Crippen molar-refractivity contribution in [2.75, 3.05) is 5.75 Å². The Hall–Kier alpha value is -0.0600. The molecule has 0 aromatic carbocycles. The van der Waals surface area contributed by atoms with E-state index in [9.17, 15) is 8.42 Å². The van der Waals surface area contributed by atoms with Gasteiger partial charge < -0.3 is 5.11 Å². The van der Waals surface area contributed by atoms with Crippen LogP contribution in [0.25, 0.3) is 0 Å². The Labute approximate surface area is 70.6 Å². The van der Waals surface area contributed by atoms with Crippen LogP contribution in [0.1, 0.15) is 6.92 Å². The molecule has 3 nitrogen and oxygen atoms in total. The molecule has 0 aromatic rings. The summed E-state index contributed by atoms with van der Waals surface area (Å²) in [6.07, 6.45) is -0.698. The van der Waals surface area contributed by atoms with Crippen molar-refractivity contribution in [2.45, 2.75) is 13.0 Å². The van der Waals surface area contributed by atoms with Crippen molar-refractivity contribution in [3.8, 4) is 0 Å². The molecule has 1 rings (SSSR count). The van der Waals surface area contributed by atoms with Gasteiger partial charge in [-0.1, -0.05) is 11.6 Å². The zero-order valence-corrected chi connectivity index (χ0v) is 7.56. The summed E-state index contributed by atoms with van der Waals surface area (Å²) in [4.78, 5) is 0.